The van der Waals surface area contributed by atoms with Crippen molar-refractivity contribution in [1.82, 2.24) is 4.98 Å². The number of benzene rings is 3. The normalized spacial score (nSPS) is 11.2. The van der Waals surface area contributed by atoms with Crippen LogP contribution < -0.4 is 9.47 Å². The van der Waals surface area contributed by atoms with Crippen LogP contribution in [0.3, 0.4) is 0 Å². The molecule has 1 N–H and O–H groups in total. The van der Waals surface area contributed by atoms with Crippen LogP contribution in [-0.4, -0.2) is 28.9 Å². The van der Waals surface area contributed by atoms with E-state index in [0.29, 0.717) is 28.7 Å². The molecule has 0 aliphatic carbocycles. The van der Waals surface area contributed by atoms with Gasteiger partial charge in [0.1, 0.15) is 36.2 Å². The van der Waals surface area contributed by atoms with Gasteiger partial charge in [-0.15, -0.1) is 0 Å². The summed E-state index contributed by atoms with van der Waals surface area (Å²) in [7, 11) is 1.54. The molecule has 0 atom stereocenters. The SMILES string of the molecule is COc1ccc(C(=NOCc2ccc(OCc3nc(-c4ccccc4)oc3C)cc2)C(=O)O)cc1. The maximum atomic E-state index is 11.6. The highest BCUT2D eigenvalue weighted by atomic mass is 16.6. The number of oxazole rings is 1. The van der Waals surface area contributed by atoms with E-state index >= 15 is 0 Å². The zero-order chi connectivity index (χ0) is 24.6. The van der Waals surface area contributed by atoms with Crippen LogP contribution in [0, 0.1) is 6.92 Å². The predicted octanol–water partition coefficient (Wildman–Crippen LogP) is 5.24. The largest absolute Gasteiger partial charge is 0.497 e. The van der Waals surface area contributed by atoms with E-state index in [0.717, 1.165) is 16.8 Å². The molecule has 0 unspecified atom stereocenters. The van der Waals surface area contributed by atoms with Crippen molar-refractivity contribution in [1.29, 1.82) is 0 Å². The number of carboxylic acid groups (broad SMARTS) is 1. The Hall–Kier alpha value is -4.59. The number of aryl methyl sites for hydroxylation is 1. The number of oxime groups is 1. The summed E-state index contributed by atoms with van der Waals surface area (Å²) in [6.45, 7) is 2.23. The molecule has 0 aliphatic heterocycles. The minimum atomic E-state index is -1.18. The lowest BCUT2D eigenvalue weighted by molar-refractivity contribution is -0.129. The fraction of sp³-hybridized carbons (Fsp3) is 0.148. The molecular formula is C27H24N2O6. The van der Waals surface area contributed by atoms with Gasteiger partial charge in [-0.3, -0.25) is 0 Å². The van der Waals surface area contributed by atoms with Gasteiger partial charge in [-0.05, 0) is 61.0 Å². The number of aliphatic carboxylic acids is 1. The number of hydrogen-bond donors (Lipinski definition) is 1. The zero-order valence-corrected chi connectivity index (χ0v) is 19.3. The Morgan fingerprint density at radius 2 is 1.63 bits per heavy atom. The number of carbonyl (C=O) groups is 1. The van der Waals surface area contributed by atoms with Crippen LogP contribution in [0.2, 0.25) is 0 Å². The zero-order valence-electron chi connectivity index (χ0n) is 19.3. The Kier molecular flexibility index (Phi) is 7.42. The van der Waals surface area contributed by atoms with Gasteiger partial charge in [-0.25, -0.2) is 9.78 Å². The van der Waals surface area contributed by atoms with Gasteiger partial charge >= 0.3 is 5.97 Å². The van der Waals surface area contributed by atoms with Crippen molar-refractivity contribution in [3.05, 3.63) is 101 Å². The number of ether oxygens (including phenoxy) is 2. The van der Waals surface area contributed by atoms with Gasteiger partial charge in [0.2, 0.25) is 5.89 Å². The monoisotopic (exact) mass is 472 g/mol. The van der Waals surface area contributed by atoms with E-state index in [1.165, 1.54) is 7.11 Å². The third-order valence-electron chi connectivity index (χ3n) is 5.17. The molecular weight excluding hydrogens is 448 g/mol. The summed E-state index contributed by atoms with van der Waals surface area (Å²) in [5.41, 5.74) is 2.67. The summed E-state index contributed by atoms with van der Waals surface area (Å²) < 4.78 is 16.7. The van der Waals surface area contributed by atoms with E-state index in [1.54, 1.807) is 36.4 Å². The molecule has 0 fully saturated rings. The van der Waals surface area contributed by atoms with E-state index in [-0.39, 0.29) is 18.9 Å². The van der Waals surface area contributed by atoms with Gasteiger partial charge in [0.15, 0.2) is 5.71 Å². The summed E-state index contributed by atoms with van der Waals surface area (Å²) in [6.07, 6.45) is 0. The number of hydrogen-bond acceptors (Lipinski definition) is 7. The smallest absolute Gasteiger partial charge is 0.358 e. The van der Waals surface area contributed by atoms with Crippen LogP contribution in [0.1, 0.15) is 22.6 Å². The number of rotatable bonds is 10. The lowest BCUT2D eigenvalue weighted by Gasteiger charge is -2.07. The highest BCUT2D eigenvalue weighted by Gasteiger charge is 2.14. The molecule has 4 aromatic rings. The van der Waals surface area contributed by atoms with E-state index in [4.69, 9.17) is 18.7 Å². The number of nitrogens with zero attached hydrogens (tertiary/aromatic N) is 2. The van der Waals surface area contributed by atoms with Gasteiger partial charge in [-0.2, -0.15) is 0 Å². The minimum Gasteiger partial charge on any atom is -0.497 e. The first-order valence-corrected chi connectivity index (χ1v) is 10.8. The molecule has 0 amide bonds. The van der Waals surface area contributed by atoms with Gasteiger partial charge in [0.05, 0.1) is 7.11 Å². The topological polar surface area (TPSA) is 103 Å². The third kappa shape index (κ3) is 6.05. The summed E-state index contributed by atoms with van der Waals surface area (Å²) >= 11 is 0. The Balaban J connectivity index is 1.33. The highest BCUT2D eigenvalue weighted by molar-refractivity contribution is 6.42. The molecule has 0 saturated carbocycles. The number of carboxylic acids is 1. The minimum absolute atomic E-state index is 0.107. The van der Waals surface area contributed by atoms with E-state index in [9.17, 15) is 9.90 Å². The van der Waals surface area contributed by atoms with E-state index < -0.39 is 5.97 Å². The molecule has 3 aromatic carbocycles. The summed E-state index contributed by atoms with van der Waals surface area (Å²) in [6, 6.07) is 23.5. The van der Waals surface area contributed by atoms with Crippen LogP contribution in [0.25, 0.3) is 11.5 Å². The lowest BCUT2D eigenvalue weighted by atomic mass is 10.1. The van der Waals surface area contributed by atoms with Crippen LogP contribution in [0.4, 0.5) is 0 Å². The van der Waals surface area contributed by atoms with Crippen LogP contribution in [0.5, 0.6) is 11.5 Å². The molecule has 178 valence electrons. The van der Waals surface area contributed by atoms with Gasteiger partial charge in [0, 0.05) is 11.1 Å². The van der Waals surface area contributed by atoms with Crippen molar-refractivity contribution in [3.8, 4) is 23.0 Å². The quantitative estimate of drug-likeness (QED) is 0.249. The first kappa shape index (κ1) is 23.6. The van der Waals surface area contributed by atoms with Crippen molar-refractivity contribution in [2.75, 3.05) is 7.11 Å². The average Bonchev–Trinajstić information content (AvgIpc) is 3.27. The maximum absolute atomic E-state index is 11.6. The van der Waals surface area contributed by atoms with Crippen molar-refractivity contribution < 1.29 is 28.6 Å². The molecule has 8 nitrogen and oxygen atoms in total. The average molecular weight is 472 g/mol. The van der Waals surface area contributed by atoms with Gasteiger partial charge in [0.25, 0.3) is 0 Å². The Morgan fingerprint density at radius 1 is 0.943 bits per heavy atom. The molecule has 1 aromatic heterocycles. The fourth-order valence-electron chi connectivity index (χ4n) is 3.24. The van der Waals surface area contributed by atoms with Crippen molar-refractivity contribution in [2.24, 2.45) is 5.16 Å². The van der Waals surface area contributed by atoms with Crippen LogP contribution in [0.15, 0.2) is 88.4 Å². The van der Waals surface area contributed by atoms with Crippen LogP contribution in [-0.2, 0) is 22.8 Å². The fourth-order valence-corrected chi connectivity index (χ4v) is 3.24. The Labute approximate surface area is 202 Å². The Morgan fingerprint density at radius 3 is 2.29 bits per heavy atom. The molecule has 8 heteroatoms. The molecule has 0 spiro atoms. The molecule has 4 rings (SSSR count). The lowest BCUT2D eigenvalue weighted by Crippen LogP contribution is -2.15. The van der Waals surface area contributed by atoms with E-state index in [2.05, 4.69) is 10.1 Å². The van der Waals surface area contributed by atoms with Gasteiger partial charge in [-0.1, -0.05) is 35.5 Å². The van der Waals surface area contributed by atoms with Crippen molar-refractivity contribution >= 4 is 11.7 Å². The second-order valence-electron chi connectivity index (χ2n) is 7.57. The second kappa shape index (κ2) is 11.0. The molecule has 0 bridgehead atoms. The molecule has 0 aliphatic rings. The molecule has 35 heavy (non-hydrogen) atoms. The predicted molar refractivity (Wildman–Crippen MR) is 129 cm³/mol. The first-order valence-electron chi connectivity index (χ1n) is 10.8. The number of methoxy groups -OCH3 is 1. The highest BCUT2D eigenvalue weighted by Crippen LogP contribution is 2.23. The molecule has 1 heterocycles. The standard InChI is InChI=1S/C27H24N2O6/c1-18-24(28-26(35-18)21-6-4-3-5-7-21)17-33-23-12-8-19(9-13-23)16-34-29-25(27(30)31)20-10-14-22(32-2)15-11-20/h3-15H,16-17H2,1-2H3,(H,30,31). The summed E-state index contributed by atoms with van der Waals surface area (Å²) in [5, 5.41) is 13.3. The Bertz CT molecular complexity index is 1300. The number of aromatic nitrogens is 1. The summed E-state index contributed by atoms with van der Waals surface area (Å²) in [5.74, 6) is 1.36. The maximum Gasteiger partial charge on any atom is 0.358 e. The summed E-state index contributed by atoms with van der Waals surface area (Å²) in [4.78, 5) is 21.4. The van der Waals surface area contributed by atoms with Crippen molar-refractivity contribution in [3.63, 3.8) is 0 Å². The van der Waals surface area contributed by atoms with E-state index in [1.807, 2.05) is 49.4 Å². The van der Waals surface area contributed by atoms with Gasteiger partial charge < -0.3 is 23.8 Å². The van der Waals surface area contributed by atoms with Crippen LogP contribution >= 0.6 is 0 Å². The molecule has 0 saturated heterocycles. The van der Waals surface area contributed by atoms with Crippen molar-refractivity contribution in [2.45, 2.75) is 20.1 Å². The first-order chi connectivity index (χ1) is 17.0. The second-order valence-corrected chi connectivity index (χ2v) is 7.57. The third-order valence-corrected chi connectivity index (χ3v) is 5.17. The molecule has 0 radical (unpaired) electrons.